The van der Waals surface area contributed by atoms with Gasteiger partial charge in [0.25, 0.3) is 0 Å². The van der Waals surface area contributed by atoms with E-state index >= 15 is 0 Å². The van der Waals surface area contributed by atoms with Crippen LogP contribution in [0.4, 0.5) is 23.2 Å². The van der Waals surface area contributed by atoms with Crippen molar-refractivity contribution in [3.05, 3.63) is 179 Å². The molecule has 0 saturated heterocycles. The first kappa shape index (κ1) is 42.4. The number of rotatable bonds is 9. The molecule has 0 fully saturated rings. The maximum absolute atomic E-state index is 14.8. The van der Waals surface area contributed by atoms with Crippen molar-refractivity contribution in [1.29, 1.82) is 0 Å². The summed E-state index contributed by atoms with van der Waals surface area (Å²) >= 11 is 0. The number of nitrogens with zero attached hydrogens (tertiary/aromatic N) is 9. The van der Waals surface area contributed by atoms with Gasteiger partial charge >= 0.3 is 19.5 Å². The molecule has 5 aromatic heterocycles. The van der Waals surface area contributed by atoms with E-state index in [-0.39, 0.29) is 68.4 Å². The summed E-state index contributed by atoms with van der Waals surface area (Å²) in [5, 5.41) is 5.57. The van der Waals surface area contributed by atoms with Gasteiger partial charge in [0.15, 0.2) is 23.3 Å². The Hall–Kier alpha value is -6.01. The van der Waals surface area contributed by atoms with E-state index in [1.54, 1.807) is 24.8 Å². The van der Waals surface area contributed by atoms with Gasteiger partial charge in [0.1, 0.15) is 5.69 Å². The summed E-state index contributed by atoms with van der Waals surface area (Å²) in [6.07, 6.45) is 13.1. The molecule has 1 N–H and O–H groups in total. The second kappa shape index (κ2) is 22.1. The molecule has 275 valence electrons. The number of aliphatic imine (C=N–C) groups is 1. The fourth-order valence-electron chi connectivity index (χ4n) is 4.76. The molecular weight excluding hydrogens is 809 g/mol. The maximum atomic E-state index is 14.8. The van der Waals surface area contributed by atoms with E-state index in [1.165, 1.54) is 36.7 Å². The first-order valence-electron chi connectivity index (χ1n) is 15.8. The minimum atomic E-state index is -1.56. The Balaban J connectivity index is 0.000000248. The van der Waals surface area contributed by atoms with E-state index < -0.39 is 34.5 Å². The molecule has 1 radical (unpaired) electrons. The number of hydrogen-bond donors (Lipinski definition) is 1. The van der Waals surface area contributed by atoms with Gasteiger partial charge < -0.3 is 10.3 Å². The molecule has 1 aliphatic rings. The molecule has 1 aliphatic heterocycles. The van der Waals surface area contributed by atoms with Crippen LogP contribution >= 0.6 is 12.4 Å². The van der Waals surface area contributed by atoms with E-state index in [1.807, 2.05) is 72.8 Å². The Morgan fingerprint density at radius 3 is 1.57 bits per heavy atom. The molecule has 54 heavy (non-hydrogen) atoms. The number of azide groups is 1. The molecule has 6 heterocycles. The third-order valence-electron chi connectivity index (χ3n) is 7.12. The van der Waals surface area contributed by atoms with Crippen molar-refractivity contribution in [3.8, 4) is 22.8 Å². The van der Waals surface area contributed by atoms with Gasteiger partial charge in [-0.1, -0.05) is 41.5 Å². The molecule has 0 unspecified atom stereocenters. The summed E-state index contributed by atoms with van der Waals surface area (Å²) in [7, 11) is 0. The quantitative estimate of drug-likeness (QED) is 0.0293. The second-order valence-electron chi connectivity index (χ2n) is 10.5. The molecule has 0 aliphatic carbocycles. The van der Waals surface area contributed by atoms with Gasteiger partial charge in [0.05, 0.1) is 34.0 Å². The summed E-state index contributed by atoms with van der Waals surface area (Å²) in [5.41, 5.74) is 10.1. The summed E-state index contributed by atoms with van der Waals surface area (Å²) in [6.45, 7) is 0.0233. The second-order valence-corrected chi connectivity index (χ2v) is 10.5. The number of pyridine rings is 4. The van der Waals surface area contributed by atoms with E-state index in [2.05, 4.69) is 45.3 Å². The molecule has 16 heteroatoms. The predicted molar refractivity (Wildman–Crippen MR) is 199 cm³/mol. The largest absolute Gasteiger partial charge is 1.00 e. The van der Waals surface area contributed by atoms with Crippen LogP contribution in [0.15, 0.2) is 144 Å². The van der Waals surface area contributed by atoms with Gasteiger partial charge in [-0.3, -0.25) is 24.9 Å². The van der Waals surface area contributed by atoms with E-state index in [0.717, 1.165) is 22.8 Å². The van der Waals surface area contributed by atoms with Gasteiger partial charge in [-0.2, -0.15) is 6.20 Å². The zero-order valence-electron chi connectivity index (χ0n) is 28.1. The first-order valence-corrected chi connectivity index (χ1v) is 15.8. The number of nitrogens with one attached hydrogen (secondary N) is 1. The minimum absolute atomic E-state index is 0. The van der Waals surface area contributed by atoms with Crippen LogP contribution in [0.5, 0.6) is 0 Å². The molecule has 10 nitrogen and oxygen atoms in total. The number of hydrogen-bond acceptors (Lipinski definition) is 7. The van der Waals surface area contributed by atoms with E-state index in [0.29, 0.717) is 0 Å². The fraction of sp³-hybridized carbons (Fsp3) is 0.0789. The zero-order chi connectivity index (χ0) is 36.5. The zero-order valence-corrected chi connectivity index (χ0v) is 30.7. The monoisotopic (exact) mass is 839 g/mol. The van der Waals surface area contributed by atoms with Crippen molar-refractivity contribution in [2.75, 3.05) is 18.4 Å². The van der Waals surface area contributed by atoms with Crippen LogP contribution in [0, 0.1) is 23.3 Å². The van der Waals surface area contributed by atoms with Gasteiger partial charge in [-0.15, -0.1) is 18.1 Å². The number of benzene rings is 1. The molecular formula is C38H30ClF4N10Ru. The van der Waals surface area contributed by atoms with E-state index in [4.69, 9.17) is 5.53 Å². The predicted octanol–water partition coefficient (Wildman–Crippen LogP) is 9.42. The van der Waals surface area contributed by atoms with Crippen molar-refractivity contribution < 1.29 is 37.0 Å². The summed E-state index contributed by atoms with van der Waals surface area (Å²) in [4.78, 5) is 27.2. The van der Waals surface area contributed by atoms with Crippen LogP contribution in [0.1, 0.15) is 17.7 Å². The minimum Gasteiger partial charge on any atom is -0.664 e. The van der Waals surface area contributed by atoms with Gasteiger partial charge in [0.2, 0.25) is 0 Å². The Morgan fingerprint density at radius 2 is 1.20 bits per heavy atom. The Bertz CT molecular complexity index is 1990. The summed E-state index contributed by atoms with van der Waals surface area (Å²) < 4.78 is 58.7. The van der Waals surface area contributed by atoms with Crippen LogP contribution in [-0.2, 0) is 19.5 Å². The SMILES string of the molecule is Cl.[N-]=[N+]=NCCCNc1c(F)c(F)c(C(=C2C=CC=N2)c2ccc[n-]2)c(F)c1F.[Ru+].c1ccc(-c2ccccn2)nc1.c1ccc(-c2ccccn2)nc1. The normalized spacial score (nSPS) is 11.7. The summed E-state index contributed by atoms with van der Waals surface area (Å²) in [5.74, 6) is -6.24. The maximum Gasteiger partial charge on any atom is 1.00 e. The molecule has 6 aromatic rings. The van der Waals surface area contributed by atoms with Crippen molar-refractivity contribution >= 4 is 29.9 Å². The third-order valence-corrected chi connectivity index (χ3v) is 7.12. The standard InChI is InChI=1S/C18H13F4N6.2C10H8N2.ClH.Ru/c19-14-13(12(10-4-1-6-24-10)11-5-2-7-25-11)15(20)17(22)18(16(14)21)26-8-3-9-27-28-23;2*1-3-7-11-9(5-1)10-6-2-4-8-12-10;;/h1-2,4-7,26H,3,8-9H2;2*1-8H;1H;/q-1;;;;+1. The van der Waals surface area contributed by atoms with Crippen molar-refractivity contribution in [2.45, 2.75) is 6.42 Å². The van der Waals surface area contributed by atoms with Crippen molar-refractivity contribution in [1.82, 2.24) is 24.9 Å². The molecule has 0 spiro atoms. The fourth-order valence-corrected chi connectivity index (χ4v) is 4.76. The molecule has 0 atom stereocenters. The van der Waals surface area contributed by atoms with Crippen LogP contribution in [0.2, 0.25) is 0 Å². The molecule has 7 rings (SSSR count). The molecule has 1 aromatic carbocycles. The van der Waals surface area contributed by atoms with Crippen LogP contribution in [0.25, 0.3) is 38.8 Å². The third kappa shape index (κ3) is 11.2. The molecule has 0 bridgehead atoms. The number of halogens is 5. The van der Waals surface area contributed by atoms with Crippen LogP contribution in [-0.4, -0.2) is 39.2 Å². The van der Waals surface area contributed by atoms with Crippen molar-refractivity contribution in [2.24, 2.45) is 10.1 Å². The van der Waals surface area contributed by atoms with Gasteiger partial charge in [-0.05, 0) is 78.2 Å². The number of aromatic nitrogens is 5. The van der Waals surface area contributed by atoms with E-state index in [9.17, 15) is 17.6 Å². The van der Waals surface area contributed by atoms with Crippen molar-refractivity contribution in [3.63, 3.8) is 0 Å². The molecule has 0 saturated carbocycles. The first-order chi connectivity index (χ1) is 25.5. The Kier molecular flexibility index (Phi) is 17.4. The topological polar surface area (TPSA) is 139 Å². The Morgan fingerprint density at radius 1 is 0.704 bits per heavy atom. The van der Waals surface area contributed by atoms with Crippen LogP contribution < -0.4 is 10.3 Å². The average molecular weight is 839 g/mol. The number of anilines is 1. The van der Waals surface area contributed by atoms with Crippen LogP contribution in [0.3, 0.4) is 0 Å². The number of allylic oxidation sites excluding steroid dienone is 2. The Labute approximate surface area is 327 Å². The smallest absolute Gasteiger partial charge is 0.664 e. The summed E-state index contributed by atoms with van der Waals surface area (Å²) in [6, 6.07) is 26.2. The average Bonchev–Trinajstić information content (AvgIpc) is 3.95. The molecule has 0 amide bonds. The van der Waals surface area contributed by atoms with Gasteiger partial charge in [-0.25, -0.2) is 17.6 Å². The van der Waals surface area contributed by atoms with Gasteiger partial charge in [0, 0.05) is 49.0 Å².